The monoisotopic (exact) mass is 339 g/mol. The summed E-state index contributed by atoms with van der Waals surface area (Å²) in [5.41, 5.74) is 2.90. The van der Waals surface area contributed by atoms with Crippen LogP contribution in [-0.2, 0) is 13.1 Å². The van der Waals surface area contributed by atoms with Gasteiger partial charge in [-0.1, -0.05) is 38.1 Å². The fourth-order valence-corrected chi connectivity index (χ4v) is 3.23. The van der Waals surface area contributed by atoms with E-state index in [-0.39, 0.29) is 0 Å². The molecule has 3 rings (SSSR count). The number of hydrogen-bond acceptors (Lipinski definition) is 2. The van der Waals surface area contributed by atoms with Crippen molar-refractivity contribution in [1.82, 2.24) is 19.8 Å². The van der Waals surface area contributed by atoms with Gasteiger partial charge >= 0.3 is 0 Å². The average molecular weight is 339 g/mol. The number of nitrogens with zero attached hydrogens (tertiary/aromatic N) is 4. The minimum Gasteiger partial charge on any atom is -0.357 e. The third kappa shape index (κ3) is 4.84. The summed E-state index contributed by atoms with van der Waals surface area (Å²) in [6.45, 7) is 11.4. The maximum atomic E-state index is 4.85. The predicted octanol–water partition coefficient (Wildman–Crippen LogP) is 3.13. The third-order valence-corrected chi connectivity index (χ3v) is 4.67. The largest absolute Gasteiger partial charge is 0.357 e. The highest BCUT2D eigenvalue weighted by molar-refractivity contribution is 5.80. The molecule has 2 heterocycles. The van der Waals surface area contributed by atoms with Crippen molar-refractivity contribution in [2.75, 3.05) is 19.6 Å². The van der Waals surface area contributed by atoms with E-state index < -0.39 is 0 Å². The van der Waals surface area contributed by atoms with E-state index in [1.54, 1.807) is 0 Å². The Bertz CT molecular complexity index is 685. The lowest BCUT2D eigenvalue weighted by atomic mass is 9.93. The summed E-state index contributed by atoms with van der Waals surface area (Å²) < 4.78 is 2.07. The number of aliphatic imine (C=N–C) groups is 1. The molecule has 0 aliphatic carbocycles. The molecule has 0 amide bonds. The number of nitrogens with one attached hydrogen (secondary N) is 1. The molecule has 5 nitrogen and oxygen atoms in total. The Morgan fingerprint density at radius 1 is 1.24 bits per heavy atom. The molecule has 1 aromatic heterocycles. The molecule has 1 N–H and O–H groups in total. The summed E-state index contributed by atoms with van der Waals surface area (Å²) in [7, 11) is 0. The second kappa shape index (κ2) is 7.72. The lowest BCUT2D eigenvalue weighted by Crippen LogP contribution is -2.40. The number of guanidine groups is 1. The third-order valence-electron chi connectivity index (χ3n) is 4.67. The molecule has 0 unspecified atom stereocenters. The molecule has 0 radical (unpaired) electrons. The van der Waals surface area contributed by atoms with Crippen LogP contribution in [0.15, 0.2) is 48.0 Å². The predicted molar refractivity (Wildman–Crippen MR) is 103 cm³/mol. The quantitative estimate of drug-likeness (QED) is 0.672. The summed E-state index contributed by atoms with van der Waals surface area (Å²) in [5.74, 6) is 1.04. The van der Waals surface area contributed by atoms with Crippen LogP contribution in [0.5, 0.6) is 0 Å². The van der Waals surface area contributed by atoms with Crippen LogP contribution in [-0.4, -0.2) is 40.0 Å². The Morgan fingerprint density at radius 3 is 2.60 bits per heavy atom. The van der Waals surface area contributed by atoms with E-state index in [1.165, 1.54) is 17.5 Å². The molecular weight excluding hydrogens is 310 g/mol. The van der Waals surface area contributed by atoms with Crippen molar-refractivity contribution in [1.29, 1.82) is 0 Å². The molecule has 134 valence electrons. The molecule has 1 fully saturated rings. The Labute approximate surface area is 150 Å². The van der Waals surface area contributed by atoms with E-state index in [1.807, 2.05) is 18.7 Å². The van der Waals surface area contributed by atoms with Gasteiger partial charge in [-0.25, -0.2) is 9.98 Å². The molecule has 25 heavy (non-hydrogen) atoms. The molecule has 0 bridgehead atoms. The minimum absolute atomic E-state index is 0.380. The summed E-state index contributed by atoms with van der Waals surface area (Å²) in [6, 6.07) is 8.70. The van der Waals surface area contributed by atoms with Crippen LogP contribution in [0, 0.1) is 5.41 Å². The van der Waals surface area contributed by atoms with Gasteiger partial charge in [-0.15, -0.1) is 0 Å². The van der Waals surface area contributed by atoms with Crippen LogP contribution < -0.4 is 5.32 Å². The van der Waals surface area contributed by atoms with Gasteiger partial charge in [0.1, 0.15) is 0 Å². The smallest absolute Gasteiger partial charge is 0.194 e. The molecule has 1 saturated heterocycles. The number of benzene rings is 1. The van der Waals surface area contributed by atoms with E-state index in [4.69, 9.17) is 4.99 Å². The van der Waals surface area contributed by atoms with Gasteiger partial charge in [-0.2, -0.15) is 0 Å². The number of aromatic nitrogens is 2. The van der Waals surface area contributed by atoms with Crippen molar-refractivity contribution in [3.63, 3.8) is 0 Å². The van der Waals surface area contributed by atoms with E-state index >= 15 is 0 Å². The molecule has 0 spiro atoms. The van der Waals surface area contributed by atoms with Gasteiger partial charge in [0.25, 0.3) is 0 Å². The molecule has 1 aromatic carbocycles. The van der Waals surface area contributed by atoms with Crippen LogP contribution in [0.4, 0.5) is 0 Å². The SMILES string of the molecule is CCNC(=NCc1ccc(Cn2ccnc2)cc1)N1CCC(C)(C)C1. The van der Waals surface area contributed by atoms with E-state index in [2.05, 4.69) is 64.8 Å². The van der Waals surface area contributed by atoms with Gasteiger partial charge in [-0.05, 0) is 29.9 Å². The van der Waals surface area contributed by atoms with Gasteiger partial charge in [0, 0.05) is 38.6 Å². The molecule has 2 aromatic rings. The van der Waals surface area contributed by atoms with Crippen LogP contribution >= 0.6 is 0 Å². The van der Waals surface area contributed by atoms with E-state index in [0.717, 1.165) is 32.1 Å². The van der Waals surface area contributed by atoms with E-state index in [0.29, 0.717) is 12.0 Å². The first kappa shape index (κ1) is 17.5. The Hall–Kier alpha value is -2.30. The maximum Gasteiger partial charge on any atom is 0.194 e. The minimum atomic E-state index is 0.380. The first-order valence-electron chi connectivity index (χ1n) is 9.12. The molecule has 5 heteroatoms. The maximum absolute atomic E-state index is 4.85. The summed E-state index contributed by atoms with van der Waals surface area (Å²) in [6.07, 6.45) is 6.86. The van der Waals surface area contributed by atoms with E-state index in [9.17, 15) is 0 Å². The fourth-order valence-electron chi connectivity index (χ4n) is 3.23. The van der Waals surface area contributed by atoms with Crippen molar-refractivity contribution in [3.8, 4) is 0 Å². The van der Waals surface area contributed by atoms with Crippen molar-refractivity contribution in [3.05, 3.63) is 54.1 Å². The van der Waals surface area contributed by atoms with Gasteiger partial charge in [0.15, 0.2) is 5.96 Å². The number of hydrogen-bond donors (Lipinski definition) is 1. The van der Waals surface area contributed by atoms with Crippen LogP contribution in [0.25, 0.3) is 0 Å². The lowest BCUT2D eigenvalue weighted by molar-refractivity contribution is 0.370. The molecular formula is C20H29N5. The second-order valence-electron chi connectivity index (χ2n) is 7.56. The molecule has 0 atom stereocenters. The highest BCUT2D eigenvalue weighted by atomic mass is 15.3. The standard InChI is InChI=1S/C20H29N5/c1-4-22-19(25-11-9-20(2,3)15-25)23-13-17-5-7-18(8-6-17)14-24-12-10-21-16-24/h5-8,10,12,16H,4,9,11,13-15H2,1-3H3,(H,22,23). The number of imidazole rings is 1. The molecule has 1 aliphatic heterocycles. The number of rotatable bonds is 5. The highest BCUT2D eigenvalue weighted by Gasteiger charge is 2.30. The lowest BCUT2D eigenvalue weighted by Gasteiger charge is -2.23. The molecule has 1 aliphatic rings. The van der Waals surface area contributed by atoms with Crippen molar-refractivity contribution in [2.24, 2.45) is 10.4 Å². The van der Waals surface area contributed by atoms with Gasteiger partial charge in [-0.3, -0.25) is 0 Å². The highest BCUT2D eigenvalue weighted by Crippen LogP contribution is 2.28. The zero-order valence-electron chi connectivity index (χ0n) is 15.6. The van der Waals surface area contributed by atoms with Gasteiger partial charge in [0.05, 0.1) is 12.9 Å². The van der Waals surface area contributed by atoms with Crippen molar-refractivity contribution >= 4 is 5.96 Å². The van der Waals surface area contributed by atoms with Crippen LogP contribution in [0.1, 0.15) is 38.3 Å². The van der Waals surface area contributed by atoms with Crippen molar-refractivity contribution < 1.29 is 0 Å². The first-order valence-corrected chi connectivity index (χ1v) is 9.12. The summed E-state index contributed by atoms with van der Waals surface area (Å²) in [5, 5.41) is 3.44. The van der Waals surface area contributed by atoms with Gasteiger partial charge < -0.3 is 14.8 Å². The summed E-state index contributed by atoms with van der Waals surface area (Å²) >= 11 is 0. The first-order chi connectivity index (χ1) is 12.1. The fraction of sp³-hybridized carbons (Fsp3) is 0.500. The van der Waals surface area contributed by atoms with Crippen molar-refractivity contribution in [2.45, 2.75) is 40.3 Å². The zero-order chi connectivity index (χ0) is 17.7. The zero-order valence-corrected chi connectivity index (χ0v) is 15.6. The Kier molecular flexibility index (Phi) is 5.41. The molecule has 0 saturated carbocycles. The number of likely N-dealkylation sites (tertiary alicyclic amines) is 1. The average Bonchev–Trinajstić information content (AvgIpc) is 3.22. The topological polar surface area (TPSA) is 45.5 Å². The summed E-state index contributed by atoms with van der Waals surface area (Å²) in [4.78, 5) is 11.3. The van der Waals surface area contributed by atoms with Gasteiger partial charge in [0.2, 0.25) is 0 Å². The Balaban J connectivity index is 1.62. The Morgan fingerprint density at radius 2 is 2.00 bits per heavy atom. The normalized spacial score (nSPS) is 17.1. The van der Waals surface area contributed by atoms with Crippen LogP contribution in [0.3, 0.4) is 0 Å². The van der Waals surface area contributed by atoms with Crippen LogP contribution in [0.2, 0.25) is 0 Å². The second-order valence-corrected chi connectivity index (χ2v) is 7.56.